The lowest BCUT2D eigenvalue weighted by Crippen LogP contribution is -2.21. The van der Waals surface area contributed by atoms with Gasteiger partial charge in [-0.15, -0.1) is 0 Å². The van der Waals surface area contributed by atoms with E-state index in [0.29, 0.717) is 17.5 Å². The van der Waals surface area contributed by atoms with E-state index in [9.17, 15) is 4.79 Å². The molecule has 1 N–H and O–H groups in total. The van der Waals surface area contributed by atoms with Crippen LogP contribution in [0, 0.1) is 0 Å². The summed E-state index contributed by atoms with van der Waals surface area (Å²) >= 11 is 1.43. The number of aromatic nitrogens is 2. The summed E-state index contributed by atoms with van der Waals surface area (Å²) in [7, 11) is 0. The second kappa shape index (κ2) is 8.94. The van der Waals surface area contributed by atoms with E-state index in [1.807, 2.05) is 65.5 Å². The summed E-state index contributed by atoms with van der Waals surface area (Å²) in [5.41, 5.74) is 4.02. The molecule has 1 saturated heterocycles. The van der Waals surface area contributed by atoms with Crippen LogP contribution < -0.4 is 5.32 Å². The fourth-order valence-corrected chi connectivity index (χ4v) is 4.93. The van der Waals surface area contributed by atoms with Crippen molar-refractivity contribution in [2.75, 3.05) is 0 Å². The first-order valence-corrected chi connectivity index (χ1v) is 11.5. The molecule has 1 aromatic heterocycles. The smallest absolute Gasteiger partial charge is 0.264 e. The highest BCUT2D eigenvalue weighted by Crippen LogP contribution is 2.31. The first kappa shape index (κ1) is 19.8. The molecule has 1 saturated carbocycles. The Morgan fingerprint density at radius 1 is 1.06 bits per heavy atom. The van der Waals surface area contributed by atoms with Crippen LogP contribution >= 0.6 is 11.8 Å². The summed E-state index contributed by atoms with van der Waals surface area (Å²) in [6, 6.07) is 20.7. The van der Waals surface area contributed by atoms with Gasteiger partial charge in [-0.1, -0.05) is 73.5 Å². The van der Waals surface area contributed by atoms with Crippen LogP contribution in [0.2, 0.25) is 0 Å². The Morgan fingerprint density at radius 3 is 2.52 bits per heavy atom. The lowest BCUT2D eigenvalue weighted by molar-refractivity contribution is -0.115. The van der Waals surface area contributed by atoms with E-state index in [1.54, 1.807) is 0 Å². The minimum absolute atomic E-state index is 0.0865. The van der Waals surface area contributed by atoms with Crippen molar-refractivity contribution in [1.29, 1.82) is 0 Å². The maximum atomic E-state index is 12.6. The quantitative estimate of drug-likeness (QED) is 0.575. The Morgan fingerprint density at radius 2 is 1.77 bits per heavy atom. The SMILES string of the molecule is O=C1NC(=NC2CCCC2)S/C1=C\c1cn(Cc2ccccc2)nc1-c1ccccc1. The number of rotatable bonds is 5. The summed E-state index contributed by atoms with van der Waals surface area (Å²) < 4.78 is 1.94. The third kappa shape index (κ3) is 4.64. The van der Waals surface area contributed by atoms with Gasteiger partial charge in [0.05, 0.1) is 23.2 Å². The third-order valence-corrected chi connectivity index (χ3v) is 6.51. The molecule has 0 atom stereocenters. The Bertz CT molecular complexity index is 1130. The molecule has 1 amide bonds. The van der Waals surface area contributed by atoms with Crippen molar-refractivity contribution in [2.24, 2.45) is 4.99 Å². The summed E-state index contributed by atoms with van der Waals surface area (Å²) in [5.74, 6) is -0.0865. The van der Waals surface area contributed by atoms with Crippen LogP contribution in [0.1, 0.15) is 36.8 Å². The van der Waals surface area contributed by atoms with Gasteiger partial charge in [0.25, 0.3) is 5.91 Å². The molecule has 6 heteroatoms. The molecule has 2 heterocycles. The predicted octanol–water partition coefficient (Wildman–Crippen LogP) is 5.10. The van der Waals surface area contributed by atoms with E-state index in [-0.39, 0.29) is 5.91 Å². The van der Waals surface area contributed by atoms with Crippen molar-refractivity contribution in [1.82, 2.24) is 15.1 Å². The standard InChI is InChI=1S/C25H24N4OS/c30-24-22(31-25(27-24)26-21-13-7-8-14-21)15-20-17-29(16-18-9-3-1-4-10-18)28-23(20)19-11-5-2-6-12-19/h1-6,9-12,15,17,21H,7-8,13-14,16H2,(H,26,27,30)/b22-15-. The number of carbonyl (C=O) groups excluding carboxylic acids is 1. The summed E-state index contributed by atoms with van der Waals surface area (Å²) in [5, 5.41) is 8.50. The minimum Gasteiger partial charge on any atom is -0.301 e. The Labute approximate surface area is 186 Å². The van der Waals surface area contributed by atoms with Gasteiger partial charge in [0, 0.05) is 17.3 Å². The zero-order valence-corrected chi connectivity index (χ0v) is 18.0. The van der Waals surface area contributed by atoms with Gasteiger partial charge in [-0.05, 0) is 36.2 Å². The van der Waals surface area contributed by atoms with Crippen LogP contribution in [0.5, 0.6) is 0 Å². The van der Waals surface area contributed by atoms with Crippen molar-refractivity contribution in [2.45, 2.75) is 38.3 Å². The Kier molecular flexibility index (Phi) is 5.71. The molecule has 0 radical (unpaired) electrons. The fraction of sp³-hybridized carbons (Fsp3) is 0.240. The van der Waals surface area contributed by atoms with Crippen LogP contribution in [0.3, 0.4) is 0 Å². The molecule has 31 heavy (non-hydrogen) atoms. The molecular weight excluding hydrogens is 404 g/mol. The van der Waals surface area contributed by atoms with E-state index in [0.717, 1.165) is 34.8 Å². The Hall–Kier alpha value is -3.12. The molecule has 2 aromatic carbocycles. The van der Waals surface area contributed by atoms with E-state index in [2.05, 4.69) is 17.4 Å². The molecule has 0 spiro atoms. The summed E-state index contributed by atoms with van der Waals surface area (Å²) in [4.78, 5) is 18.0. The molecule has 3 aromatic rings. The number of hydrogen-bond donors (Lipinski definition) is 1. The van der Waals surface area contributed by atoms with Gasteiger partial charge in [0.15, 0.2) is 5.17 Å². The second-order valence-corrected chi connectivity index (χ2v) is 8.95. The molecule has 0 unspecified atom stereocenters. The minimum atomic E-state index is -0.0865. The predicted molar refractivity (Wildman–Crippen MR) is 127 cm³/mol. The van der Waals surface area contributed by atoms with E-state index < -0.39 is 0 Å². The summed E-state index contributed by atoms with van der Waals surface area (Å²) in [6.07, 6.45) is 8.64. The third-order valence-electron chi connectivity index (χ3n) is 5.59. The molecule has 2 fully saturated rings. The molecule has 1 aliphatic carbocycles. The van der Waals surface area contributed by atoms with Crippen molar-refractivity contribution in [3.63, 3.8) is 0 Å². The maximum absolute atomic E-state index is 12.6. The topological polar surface area (TPSA) is 59.3 Å². The fourth-order valence-electron chi connectivity index (χ4n) is 4.04. The normalized spacial score (nSPS) is 19.4. The van der Waals surface area contributed by atoms with Gasteiger partial charge in [0.1, 0.15) is 0 Å². The lowest BCUT2D eigenvalue weighted by Gasteiger charge is -2.02. The highest BCUT2D eigenvalue weighted by Gasteiger charge is 2.26. The lowest BCUT2D eigenvalue weighted by atomic mass is 10.1. The zero-order valence-electron chi connectivity index (χ0n) is 17.2. The van der Waals surface area contributed by atoms with E-state index in [4.69, 9.17) is 10.1 Å². The molecule has 5 nitrogen and oxygen atoms in total. The molecule has 1 aliphatic heterocycles. The van der Waals surface area contributed by atoms with Gasteiger partial charge in [-0.2, -0.15) is 5.10 Å². The van der Waals surface area contributed by atoms with Crippen molar-refractivity contribution >= 4 is 28.9 Å². The maximum Gasteiger partial charge on any atom is 0.264 e. The number of aliphatic imine (C=N–C) groups is 1. The zero-order chi connectivity index (χ0) is 21.0. The number of benzene rings is 2. The van der Waals surface area contributed by atoms with Gasteiger partial charge in [-0.3, -0.25) is 14.5 Å². The first-order valence-electron chi connectivity index (χ1n) is 10.7. The number of carbonyl (C=O) groups is 1. The number of amidine groups is 1. The Balaban J connectivity index is 1.46. The number of amides is 1. The summed E-state index contributed by atoms with van der Waals surface area (Å²) in [6.45, 7) is 0.678. The van der Waals surface area contributed by atoms with Crippen LogP contribution in [0.15, 0.2) is 76.8 Å². The average molecular weight is 429 g/mol. The highest BCUT2D eigenvalue weighted by molar-refractivity contribution is 8.18. The van der Waals surface area contributed by atoms with E-state index >= 15 is 0 Å². The van der Waals surface area contributed by atoms with Crippen LogP contribution in [-0.4, -0.2) is 26.9 Å². The number of nitrogens with one attached hydrogen (secondary N) is 1. The molecule has 156 valence electrons. The molecular formula is C25H24N4OS. The first-order chi connectivity index (χ1) is 15.2. The molecule has 5 rings (SSSR count). The van der Waals surface area contributed by atoms with Crippen molar-refractivity contribution in [3.8, 4) is 11.3 Å². The van der Waals surface area contributed by atoms with Gasteiger partial charge < -0.3 is 5.32 Å². The van der Waals surface area contributed by atoms with Crippen LogP contribution in [-0.2, 0) is 11.3 Å². The highest BCUT2D eigenvalue weighted by atomic mass is 32.2. The van der Waals surface area contributed by atoms with Crippen LogP contribution in [0.25, 0.3) is 17.3 Å². The molecule has 0 bridgehead atoms. The van der Waals surface area contributed by atoms with Crippen molar-refractivity contribution in [3.05, 3.63) is 82.9 Å². The number of thioether (sulfide) groups is 1. The molecule has 2 aliphatic rings. The second-order valence-electron chi connectivity index (χ2n) is 7.92. The largest absolute Gasteiger partial charge is 0.301 e. The monoisotopic (exact) mass is 428 g/mol. The van der Waals surface area contributed by atoms with Gasteiger partial charge >= 0.3 is 0 Å². The van der Waals surface area contributed by atoms with Crippen LogP contribution in [0.4, 0.5) is 0 Å². The average Bonchev–Trinajstić information content (AvgIpc) is 3.52. The number of nitrogens with zero attached hydrogens (tertiary/aromatic N) is 3. The van der Waals surface area contributed by atoms with Gasteiger partial charge in [-0.25, -0.2) is 0 Å². The van der Waals surface area contributed by atoms with E-state index in [1.165, 1.54) is 30.2 Å². The number of hydrogen-bond acceptors (Lipinski definition) is 4. The van der Waals surface area contributed by atoms with Crippen molar-refractivity contribution < 1.29 is 4.79 Å². The van der Waals surface area contributed by atoms with Gasteiger partial charge in [0.2, 0.25) is 0 Å².